The summed E-state index contributed by atoms with van der Waals surface area (Å²) in [6, 6.07) is 0.308. The van der Waals surface area contributed by atoms with E-state index in [4.69, 9.17) is 0 Å². The molecule has 2 rings (SSSR count). The molecule has 0 bridgehead atoms. The van der Waals surface area contributed by atoms with Gasteiger partial charge in [0.05, 0.1) is 6.10 Å². The minimum absolute atomic E-state index is 0.179. The van der Waals surface area contributed by atoms with Crippen LogP contribution in [0.25, 0.3) is 0 Å². The van der Waals surface area contributed by atoms with Crippen LogP contribution in [0.2, 0.25) is 0 Å². The van der Waals surface area contributed by atoms with Crippen molar-refractivity contribution in [2.75, 3.05) is 6.54 Å². The summed E-state index contributed by atoms with van der Waals surface area (Å²) in [5.41, 5.74) is 0. The molecule has 0 radical (unpaired) electrons. The quantitative estimate of drug-likeness (QED) is 0.850. The molecule has 1 saturated heterocycles. The number of hydrogen-bond acceptors (Lipinski definition) is 2. The molecule has 1 aliphatic heterocycles. The molecule has 0 aromatic heterocycles. The van der Waals surface area contributed by atoms with Gasteiger partial charge in [0.15, 0.2) is 0 Å². The van der Waals surface area contributed by atoms with E-state index in [0.717, 1.165) is 45.1 Å². The summed E-state index contributed by atoms with van der Waals surface area (Å²) in [7, 11) is 0. The number of aliphatic hydroxyl groups is 1. The highest BCUT2D eigenvalue weighted by molar-refractivity contribution is 5.77. The van der Waals surface area contributed by atoms with Crippen LogP contribution in [0.4, 0.5) is 0 Å². The first-order valence-corrected chi connectivity index (χ1v) is 8.11. The maximum absolute atomic E-state index is 12.5. The zero-order valence-corrected chi connectivity index (χ0v) is 12.5. The molecule has 4 atom stereocenters. The van der Waals surface area contributed by atoms with Gasteiger partial charge >= 0.3 is 0 Å². The number of likely N-dealkylation sites (tertiary alicyclic amines) is 1. The van der Waals surface area contributed by atoms with Crippen molar-refractivity contribution >= 4 is 5.91 Å². The Morgan fingerprint density at radius 1 is 1.26 bits per heavy atom. The zero-order chi connectivity index (χ0) is 13.8. The Labute approximate surface area is 117 Å². The summed E-state index contributed by atoms with van der Waals surface area (Å²) in [4.78, 5) is 14.6. The lowest BCUT2D eigenvalue weighted by Gasteiger charge is -2.40. The predicted molar refractivity (Wildman–Crippen MR) is 76.8 cm³/mol. The van der Waals surface area contributed by atoms with Crippen LogP contribution in [0, 0.1) is 11.8 Å². The first-order chi connectivity index (χ1) is 9.13. The maximum atomic E-state index is 12.5. The van der Waals surface area contributed by atoms with E-state index in [-0.39, 0.29) is 6.10 Å². The minimum Gasteiger partial charge on any atom is -0.393 e. The van der Waals surface area contributed by atoms with Crippen molar-refractivity contribution in [3.05, 3.63) is 0 Å². The van der Waals surface area contributed by atoms with Crippen LogP contribution >= 0.6 is 0 Å². The zero-order valence-electron chi connectivity index (χ0n) is 12.5. The highest BCUT2D eigenvalue weighted by Gasteiger charge is 2.38. The van der Waals surface area contributed by atoms with Crippen molar-refractivity contribution in [2.45, 2.75) is 77.4 Å². The van der Waals surface area contributed by atoms with Gasteiger partial charge in [-0.2, -0.15) is 0 Å². The molecule has 19 heavy (non-hydrogen) atoms. The minimum atomic E-state index is -0.179. The molecule has 3 nitrogen and oxygen atoms in total. The highest BCUT2D eigenvalue weighted by Crippen LogP contribution is 2.35. The lowest BCUT2D eigenvalue weighted by Crippen LogP contribution is -2.49. The van der Waals surface area contributed by atoms with E-state index in [0.29, 0.717) is 30.2 Å². The lowest BCUT2D eigenvalue weighted by atomic mass is 9.87. The number of amides is 1. The van der Waals surface area contributed by atoms with E-state index >= 15 is 0 Å². The second-order valence-electron chi connectivity index (χ2n) is 6.53. The van der Waals surface area contributed by atoms with E-state index in [1.165, 1.54) is 6.42 Å². The molecule has 2 fully saturated rings. The fraction of sp³-hybridized carbons (Fsp3) is 0.938. The molecule has 1 aliphatic carbocycles. The number of nitrogens with zero attached hydrogens (tertiary/aromatic N) is 1. The average molecular weight is 267 g/mol. The van der Waals surface area contributed by atoms with Crippen molar-refractivity contribution in [1.29, 1.82) is 0 Å². The van der Waals surface area contributed by atoms with Gasteiger partial charge in [0, 0.05) is 24.9 Å². The number of rotatable bonds is 4. The van der Waals surface area contributed by atoms with E-state index in [1.807, 2.05) is 0 Å². The molecule has 1 N–H and O–H groups in total. The van der Waals surface area contributed by atoms with Gasteiger partial charge in [-0.25, -0.2) is 0 Å². The first kappa shape index (κ1) is 14.8. The fourth-order valence-corrected chi connectivity index (χ4v) is 3.69. The summed E-state index contributed by atoms with van der Waals surface area (Å²) in [6.45, 7) is 5.21. The SMILES string of the molecule is CCC(C)CC(=O)N1CCCCC1C1CCCC1O. The Kier molecular flexibility index (Phi) is 5.26. The van der Waals surface area contributed by atoms with Gasteiger partial charge in [-0.1, -0.05) is 26.7 Å². The van der Waals surface area contributed by atoms with Gasteiger partial charge in [0.2, 0.25) is 5.91 Å². The van der Waals surface area contributed by atoms with Crippen LogP contribution in [0.15, 0.2) is 0 Å². The number of carbonyl (C=O) groups excluding carboxylic acids is 1. The maximum Gasteiger partial charge on any atom is 0.223 e. The molecule has 0 spiro atoms. The van der Waals surface area contributed by atoms with E-state index in [1.54, 1.807) is 0 Å². The monoisotopic (exact) mass is 267 g/mol. The summed E-state index contributed by atoms with van der Waals surface area (Å²) < 4.78 is 0. The topological polar surface area (TPSA) is 40.5 Å². The van der Waals surface area contributed by atoms with Crippen LogP contribution in [-0.2, 0) is 4.79 Å². The summed E-state index contributed by atoms with van der Waals surface area (Å²) in [6.07, 6.45) is 8.14. The lowest BCUT2D eigenvalue weighted by molar-refractivity contribution is -0.138. The van der Waals surface area contributed by atoms with Crippen molar-refractivity contribution < 1.29 is 9.90 Å². The molecule has 0 aromatic carbocycles. The van der Waals surface area contributed by atoms with Crippen molar-refractivity contribution in [2.24, 2.45) is 11.8 Å². The van der Waals surface area contributed by atoms with E-state index in [9.17, 15) is 9.90 Å². The van der Waals surface area contributed by atoms with Gasteiger partial charge in [-0.05, 0) is 38.0 Å². The van der Waals surface area contributed by atoms with Crippen LogP contribution in [-0.4, -0.2) is 34.6 Å². The average Bonchev–Trinajstić information content (AvgIpc) is 2.84. The summed E-state index contributed by atoms with van der Waals surface area (Å²) in [5.74, 6) is 1.13. The van der Waals surface area contributed by atoms with E-state index < -0.39 is 0 Å². The molecular formula is C16H29NO2. The Balaban J connectivity index is 2.01. The van der Waals surface area contributed by atoms with E-state index in [2.05, 4.69) is 18.7 Å². The largest absolute Gasteiger partial charge is 0.393 e. The second kappa shape index (κ2) is 6.74. The Morgan fingerprint density at radius 3 is 2.68 bits per heavy atom. The fourth-order valence-electron chi connectivity index (χ4n) is 3.69. The van der Waals surface area contributed by atoms with Gasteiger partial charge < -0.3 is 10.0 Å². The molecular weight excluding hydrogens is 238 g/mol. The molecule has 4 unspecified atom stereocenters. The molecule has 2 aliphatic rings. The van der Waals surface area contributed by atoms with Gasteiger partial charge in [-0.3, -0.25) is 4.79 Å². The second-order valence-corrected chi connectivity index (χ2v) is 6.53. The number of aliphatic hydroxyl groups excluding tert-OH is 1. The standard InChI is InChI=1S/C16H29NO2/c1-3-12(2)11-16(19)17-10-5-4-8-14(17)13-7-6-9-15(13)18/h12-15,18H,3-11H2,1-2H3. The van der Waals surface area contributed by atoms with Crippen LogP contribution < -0.4 is 0 Å². The molecule has 1 saturated carbocycles. The van der Waals surface area contributed by atoms with Crippen molar-refractivity contribution in [1.82, 2.24) is 4.90 Å². The highest BCUT2D eigenvalue weighted by atomic mass is 16.3. The Bertz CT molecular complexity index is 305. The number of hydrogen-bond donors (Lipinski definition) is 1. The molecule has 1 amide bonds. The first-order valence-electron chi connectivity index (χ1n) is 8.11. The number of carbonyl (C=O) groups is 1. The predicted octanol–water partition coefficient (Wildman–Crippen LogP) is 2.96. The molecule has 1 heterocycles. The molecule has 110 valence electrons. The van der Waals surface area contributed by atoms with Crippen LogP contribution in [0.1, 0.15) is 65.2 Å². The van der Waals surface area contributed by atoms with Gasteiger partial charge in [0.1, 0.15) is 0 Å². The van der Waals surface area contributed by atoms with Crippen LogP contribution in [0.5, 0.6) is 0 Å². The Morgan fingerprint density at radius 2 is 2.05 bits per heavy atom. The van der Waals surface area contributed by atoms with Crippen molar-refractivity contribution in [3.8, 4) is 0 Å². The third-order valence-electron chi connectivity index (χ3n) is 5.12. The summed E-state index contributed by atoms with van der Waals surface area (Å²) >= 11 is 0. The number of piperidine rings is 1. The smallest absolute Gasteiger partial charge is 0.223 e. The third-order valence-corrected chi connectivity index (χ3v) is 5.12. The normalized spacial score (nSPS) is 33.4. The molecule has 3 heteroatoms. The van der Waals surface area contributed by atoms with Gasteiger partial charge in [-0.15, -0.1) is 0 Å². The third kappa shape index (κ3) is 3.50. The van der Waals surface area contributed by atoms with Crippen molar-refractivity contribution in [3.63, 3.8) is 0 Å². The van der Waals surface area contributed by atoms with Gasteiger partial charge in [0.25, 0.3) is 0 Å². The Hall–Kier alpha value is -0.570. The molecule has 0 aromatic rings. The summed E-state index contributed by atoms with van der Waals surface area (Å²) in [5, 5.41) is 10.1. The van der Waals surface area contributed by atoms with Crippen LogP contribution in [0.3, 0.4) is 0 Å².